The second-order valence-corrected chi connectivity index (χ2v) is 4.75. The lowest BCUT2D eigenvalue weighted by Gasteiger charge is -2.21. The van der Waals surface area contributed by atoms with E-state index in [1.54, 1.807) is 12.1 Å². The second kappa shape index (κ2) is 4.05. The number of aryl methyl sites for hydroxylation is 1. The van der Waals surface area contributed by atoms with Crippen LogP contribution in [0.15, 0.2) is 24.3 Å². The van der Waals surface area contributed by atoms with Crippen molar-refractivity contribution in [3.63, 3.8) is 0 Å². The first-order chi connectivity index (χ1) is 8.65. The minimum Gasteiger partial charge on any atom is -0.294 e. The fourth-order valence-corrected chi connectivity index (χ4v) is 2.60. The molecule has 3 nitrogen and oxygen atoms in total. The van der Waals surface area contributed by atoms with E-state index >= 15 is 0 Å². The topological polar surface area (TPSA) is 45.8 Å². The van der Waals surface area contributed by atoms with E-state index in [1.807, 2.05) is 6.92 Å². The van der Waals surface area contributed by atoms with Crippen molar-refractivity contribution in [1.82, 2.24) is 10.2 Å². The number of hydrogen-bond donors (Lipinski definition) is 1. The van der Waals surface area contributed by atoms with Crippen LogP contribution in [-0.2, 0) is 6.42 Å². The van der Waals surface area contributed by atoms with Crippen molar-refractivity contribution in [2.75, 3.05) is 0 Å². The number of hydrogen-bond acceptors (Lipinski definition) is 2. The number of benzene rings is 1. The molecule has 1 N–H and O–H groups in total. The van der Waals surface area contributed by atoms with Crippen molar-refractivity contribution < 1.29 is 9.18 Å². The van der Waals surface area contributed by atoms with E-state index in [1.165, 1.54) is 12.1 Å². The van der Waals surface area contributed by atoms with Crippen LogP contribution in [0.1, 0.15) is 39.6 Å². The predicted octanol–water partition coefficient (Wildman–Crippen LogP) is 2.77. The SMILES string of the molecule is Cc1[nH]nc2c1C(=O)C[C@@H](c1ccc(F)cc1)C2. The van der Waals surface area contributed by atoms with Gasteiger partial charge in [-0.3, -0.25) is 9.89 Å². The van der Waals surface area contributed by atoms with Gasteiger partial charge in [0.2, 0.25) is 0 Å². The van der Waals surface area contributed by atoms with Crippen LogP contribution in [0, 0.1) is 12.7 Å². The lowest BCUT2D eigenvalue weighted by Crippen LogP contribution is -2.18. The molecule has 1 heterocycles. The van der Waals surface area contributed by atoms with Crippen LogP contribution in [0.3, 0.4) is 0 Å². The molecule has 0 saturated carbocycles. The predicted molar refractivity (Wildman–Crippen MR) is 65.1 cm³/mol. The average Bonchev–Trinajstić information content (AvgIpc) is 2.72. The van der Waals surface area contributed by atoms with Gasteiger partial charge < -0.3 is 0 Å². The molecule has 0 unspecified atom stereocenters. The lowest BCUT2D eigenvalue weighted by molar-refractivity contribution is 0.0963. The molecule has 18 heavy (non-hydrogen) atoms. The fraction of sp³-hybridized carbons (Fsp3) is 0.286. The van der Waals surface area contributed by atoms with Crippen LogP contribution in [0.2, 0.25) is 0 Å². The molecule has 0 spiro atoms. The number of nitrogens with one attached hydrogen (secondary N) is 1. The third-order valence-corrected chi connectivity index (χ3v) is 3.51. The summed E-state index contributed by atoms with van der Waals surface area (Å²) in [5.41, 5.74) is 3.41. The van der Waals surface area contributed by atoms with Crippen molar-refractivity contribution in [2.24, 2.45) is 0 Å². The molecular formula is C14H13FN2O. The van der Waals surface area contributed by atoms with E-state index < -0.39 is 0 Å². The van der Waals surface area contributed by atoms with Crippen molar-refractivity contribution in [3.05, 3.63) is 52.6 Å². The zero-order chi connectivity index (χ0) is 12.7. The normalized spacial score (nSPS) is 18.8. The van der Waals surface area contributed by atoms with Gasteiger partial charge in [0.25, 0.3) is 0 Å². The van der Waals surface area contributed by atoms with Gasteiger partial charge in [-0.15, -0.1) is 0 Å². The largest absolute Gasteiger partial charge is 0.294 e. The minimum absolute atomic E-state index is 0.105. The van der Waals surface area contributed by atoms with E-state index in [4.69, 9.17) is 0 Å². The minimum atomic E-state index is -0.253. The van der Waals surface area contributed by atoms with Crippen molar-refractivity contribution in [1.29, 1.82) is 0 Å². The number of Topliss-reactive ketones (excluding diaryl/α,β-unsaturated/α-hetero) is 1. The third kappa shape index (κ3) is 1.74. The Kier molecular flexibility index (Phi) is 2.51. The number of halogens is 1. The number of aromatic nitrogens is 2. The van der Waals surface area contributed by atoms with E-state index in [0.717, 1.165) is 28.9 Å². The van der Waals surface area contributed by atoms with E-state index in [-0.39, 0.29) is 17.5 Å². The Morgan fingerprint density at radius 1 is 1.28 bits per heavy atom. The third-order valence-electron chi connectivity index (χ3n) is 3.51. The molecule has 1 aliphatic rings. The Labute approximate surface area is 104 Å². The van der Waals surface area contributed by atoms with E-state index in [9.17, 15) is 9.18 Å². The van der Waals surface area contributed by atoms with E-state index in [2.05, 4.69) is 10.2 Å². The maximum Gasteiger partial charge on any atom is 0.167 e. The average molecular weight is 244 g/mol. The Balaban J connectivity index is 1.94. The van der Waals surface area contributed by atoms with Gasteiger partial charge in [0.1, 0.15) is 5.82 Å². The molecule has 0 fully saturated rings. The number of ketones is 1. The number of aromatic amines is 1. The maximum absolute atomic E-state index is 12.9. The molecule has 0 aliphatic heterocycles. The summed E-state index contributed by atoms with van der Waals surface area (Å²) in [6.45, 7) is 1.86. The number of carbonyl (C=O) groups is 1. The van der Waals surface area contributed by atoms with Gasteiger partial charge in [-0.1, -0.05) is 12.1 Å². The summed E-state index contributed by atoms with van der Waals surface area (Å²) in [4.78, 5) is 12.1. The number of nitrogens with zero attached hydrogens (tertiary/aromatic N) is 1. The molecule has 2 aromatic rings. The Morgan fingerprint density at radius 3 is 2.72 bits per heavy atom. The Hall–Kier alpha value is -1.97. The van der Waals surface area contributed by atoms with Gasteiger partial charge in [0.15, 0.2) is 5.78 Å². The van der Waals surface area contributed by atoms with Crippen molar-refractivity contribution in [3.8, 4) is 0 Å². The lowest BCUT2D eigenvalue weighted by atomic mass is 9.82. The highest BCUT2D eigenvalue weighted by Gasteiger charge is 2.29. The molecule has 1 aromatic heterocycles. The molecule has 3 rings (SSSR count). The maximum atomic E-state index is 12.9. The van der Waals surface area contributed by atoms with Crippen LogP contribution in [0.25, 0.3) is 0 Å². The number of H-pyrrole nitrogens is 1. The smallest absolute Gasteiger partial charge is 0.167 e. The summed E-state index contributed by atoms with van der Waals surface area (Å²) in [5, 5.41) is 7.04. The summed E-state index contributed by atoms with van der Waals surface area (Å²) < 4.78 is 12.9. The summed E-state index contributed by atoms with van der Waals surface area (Å²) >= 11 is 0. The van der Waals surface area contributed by atoms with Crippen LogP contribution >= 0.6 is 0 Å². The zero-order valence-corrected chi connectivity index (χ0v) is 10.0. The quantitative estimate of drug-likeness (QED) is 0.838. The zero-order valence-electron chi connectivity index (χ0n) is 10.0. The molecule has 4 heteroatoms. The molecule has 0 bridgehead atoms. The van der Waals surface area contributed by atoms with Crippen LogP contribution < -0.4 is 0 Å². The fourth-order valence-electron chi connectivity index (χ4n) is 2.60. The first-order valence-electron chi connectivity index (χ1n) is 5.97. The molecule has 0 saturated heterocycles. The van der Waals surface area contributed by atoms with Gasteiger partial charge in [-0.25, -0.2) is 4.39 Å². The van der Waals surface area contributed by atoms with Crippen LogP contribution in [0.5, 0.6) is 0 Å². The molecule has 92 valence electrons. The van der Waals surface area contributed by atoms with Crippen molar-refractivity contribution >= 4 is 5.78 Å². The van der Waals surface area contributed by atoms with Gasteiger partial charge in [0.05, 0.1) is 11.3 Å². The van der Waals surface area contributed by atoms with Gasteiger partial charge in [-0.05, 0) is 37.0 Å². The standard InChI is InChI=1S/C14H13FN2O/c1-8-14-12(17-16-8)6-10(7-13(14)18)9-2-4-11(15)5-3-9/h2-5,10H,6-7H2,1H3,(H,16,17)/t10-/m0/s1. The highest BCUT2D eigenvalue weighted by Crippen LogP contribution is 2.32. The van der Waals surface area contributed by atoms with Crippen LogP contribution in [-0.4, -0.2) is 16.0 Å². The molecule has 0 amide bonds. The number of carbonyl (C=O) groups excluding carboxylic acids is 1. The first kappa shape index (κ1) is 11.1. The Morgan fingerprint density at radius 2 is 2.00 bits per heavy atom. The monoisotopic (exact) mass is 244 g/mol. The number of rotatable bonds is 1. The highest BCUT2D eigenvalue weighted by molar-refractivity contribution is 5.99. The highest BCUT2D eigenvalue weighted by atomic mass is 19.1. The molecule has 0 radical (unpaired) electrons. The van der Waals surface area contributed by atoms with Crippen molar-refractivity contribution in [2.45, 2.75) is 25.7 Å². The molecule has 1 atom stereocenters. The number of fused-ring (bicyclic) bond motifs is 1. The van der Waals surface area contributed by atoms with Crippen LogP contribution in [0.4, 0.5) is 4.39 Å². The van der Waals surface area contributed by atoms with Gasteiger partial charge >= 0.3 is 0 Å². The Bertz CT molecular complexity index is 601. The molecule has 1 aromatic carbocycles. The summed E-state index contributed by atoms with van der Waals surface area (Å²) in [7, 11) is 0. The second-order valence-electron chi connectivity index (χ2n) is 4.75. The first-order valence-corrected chi connectivity index (χ1v) is 5.97. The van der Waals surface area contributed by atoms with E-state index in [0.29, 0.717) is 6.42 Å². The summed E-state index contributed by atoms with van der Waals surface area (Å²) in [6, 6.07) is 6.37. The van der Waals surface area contributed by atoms with Gasteiger partial charge in [-0.2, -0.15) is 5.10 Å². The molecular weight excluding hydrogens is 231 g/mol. The summed E-state index contributed by atoms with van der Waals surface area (Å²) in [5.74, 6) is -0.0256. The summed E-state index contributed by atoms with van der Waals surface area (Å²) in [6.07, 6.45) is 1.20. The molecule has 1 aliphatic carbocycles. The van der Waals surface area contributed by atoms with Gasteiger partial charge in [0, 0.05) is 12.1 Å².